The second kappa shape index (κ2) is 10.4. The van der Waals surface area contributed by atoms with Crippen molar-refractivity contribution in [2.45, 2.75) is 26.7 Å². The number of nitrogens with zero attached hydrogens (tertiary/aromatic N) is 2. The van der Waals surface area contributed by atoms with Crippen molar-refractivity contribution in [3.05, 3.63) is 11.9 Å². The number of methoxy groups -OCH3 is 1. The summed E-state index contributed by atoms with van der Waals surface area (Å²) in [6.07, 6.45) is 2.01. The monoisotopic (exact) mass is 282 g/mol. The summed E-state index contributed by atoms with van der Waals surface area (Å²) in [7, 11) is 1.67. The summed E-state index contributed by atoms with van der Waals surface area (Å²) in [5.74, 6) is 2.50. The van der Waals surface area contributed by atoms with Gasteiger partial charge in [0.1, 0.15) is 17.5 Å². The maximum absolute atomic E-state index is 5.40. The minimum Gasteiger partial charge on any atom is -0.382 e. The quantitative estimate of drug-likeness (QED) is 0.606. The number of nitrogens with one attached hydrogen (secondary N) is 2. The number of hydrogen-bond acceptors (Lipinski definition) is 6. The van der Waals surface area contributed by atoms with Crippen LogP contribution in [0, 0.1) is 6.92 Å². The zero-order valence-corrected chi connectivity index (χ0v) is 12.7. The number of aromatic nitrogens is 2. The van der Waals surface area contributed by atoms with Crippen LogP contribution in [0.25, 0.3) is 0 Å². The molecule has 0 spiro atoms. The van der Waals surface area contributed by atoms with Gasteiger partial charge in [-0.1, -0.05) is 6.92 Å². The van der Waals surface area contributed by atoms with Crippen LogP contribution in [-0.2, 0) is 9.47 Å². The van der Waals surface area contributed by atoms with Gasteiger partial charge in [0.2, 0.25) is 0 Å². The van der Waals surface area contributed by atoms with Crippen LogP contribution in [0.2, 0.25) is 0 Å². The SMILES string of the molecule is CCCNc1cc(NCCCOCCOC)nc(C)n1. The maximum Gasteiger partial charge on any atom is 0.131 e. The summed E-state index contributed by atoms with van der Waals surface area (Å²) in [5, 5.41) is 6.56. The Morgan fingerprint density at radius 3 is 2.40 bits per heavy atom. The van der Waals surface area contributed by atoms with Gasteiger partial charge in [-0.2, -0.15) is 0 Å². The first-order valence-electron chi connectivity index (χ1n) is 7.16. The molecule has 0 bridgehead atoms. The van der Waals surface area contributed by atoms with E-state index in [4.69, 9.17) is 9.47 Å². The minimum absolute atomic E-state index is 0.644. The molecule has 0 aliphatic heterocycles. The van der Waals surface area contributed by atoms with E-state index >= 15 is 0 Å². The molecule has 1 aromatic rings. The molecule has 0 aliphatic rings. The molecule has 1 heterocycles. The summed E-state index contributed by atoms with van der Waals surface area (Å²) < 4.78 is 10.3. The van der Waals surface area contributed by atoms with Crippen molar-refractivity contribution in [3.63, 3.8) is 0 Å². The van der Waals surface area contributed by atoms with E-state index in [2.05, 4.69) is 27.5 Å². The van der Waals surface area contributed by atoms with Gasteiger partial charge in [0.15, 0.2) is 0 Å². The van der Waals surface area contributed by atoms with E-state index in [1.54, 1.807) is 7.11 Å². The van der Waals surface area contributed by atoms with Crippen LogP contribution in [0.4, 0.5) is 11.6 Å². The Hall–Kier alpha value is -1.40. The molecule has 0 saturated heterocycles. The van der Waals surface area contributed by atoms with Gasteiger partial charge in [0, 0.05) is 32.9 Å². The van der Waals surface area contributed by atoms with E-state index < -0.39 is 0 Å². The lowest BCUT2D eigenvalue weighted by atomic mass is 10.4. The molecule has 20 heavy (non-hydrogen) atoms. The van der Waals surface area contributed by atoms with E-state index in [-0.39, 0.29) is 0 Å². The molecular weight excluding hydrogens is 256 g/mol. The molecule has 0 unspecified atom stereocenters. The summed E-state index contributed by atoms with van der Waals surface area (Å²) in [4.78, 5) is 8.71. The van der Waals surface area contributed by atoms with Gasteiger partial charge in [-0.25, -0.2) is 9.97 Å². The Kier molecular flexibility index (Phi) is 8.66. The number of ether oxygens (including phenoxy) is 2. The highest BCUT2D eigenvalue weighted by Gasteiger charge is 2.00. The molecule has 6 heteroatoms. The van der Waals surface area contributed by atoms with Crippen molar-refractivity contribution in [1.82, 2.24) is 9.97 Å². The van der Waals surface area contributed by atoms with Gasteiger partial charge >= 0.3 is 0 Å². The zero-order chi connectivity index (χ0) is 14.6. The molecule has 0 radical (unpaired) electrons. The Labute approximate surface area is 121 Å². The van der Waals surface area contributed by atoms with Crippen molar-refractivity contribution >= 4 is 11.6 Å². The molecule has 1 aromatic heterocycles. The number of hydrogen-bond donors (Lipinski definition) is 2. The molecule has 6 nitrogen and oxygen atoms in total. The predicted octanol–water partition coefficient (Wildman–Crippen LogP) is 2.07. The van der Waals surface area contributed by atoms with Gasteiger partial charge in [-0.15, -0.1) is 0 Å². The summed E-state index contributed by atoms with van der Waals surface area (Å²) >= 11 is 0. The van der Waals surface area contributed by atoms with Gasteiger partial charge in [0.05, 0.1) is 13.2 Å². The van der Waals surface area contributed by atoms with Gasteiger partial charge in [0.25, 0.3) is 0 Å². The lowest BCUT2D eigenvalue weighted by Gasteiger charge is -2.10. The van der Waals surface area contributed by atoms with Crippen molar-refractivity contribution in [2.24, 2.45) is 0 Å². The van der Waals surface area contributed by atoms with Crippen LogP contribution < -0.4 is 10.6 Å². The Morgan fingerprint density at radius 2 is 1.75 bits per heavy atom. The first-order chi connectivity index (χ1) is 9.76. The molecule has 0 aliphatic carbocycles. The standard InChI is InChI=1S/C14H26N4O2/c1-4-6-15-13-11-14(18-12(2)17-13)16-7-5-8-20-10-9-19-3/h11H,4-10H2,1-3H3,(H2,15,16,17,18). The summed E-state index contributed by atoms with van der Waals surface area (Å²) in [6.45, 7) is 7.79. The first-order valence-corrected chi connectivity index (χ1v) is 7.16. The Balaban J connectivity index is 2.26. The molecule has 0 atom stereocenters. The maximum atomic E-state index is 5.40. The van der Waals surface area contributed by atoms with Crippen molar-refractivity contribution in [1.29, 1.82) is 0 Å². The fraction of sp³-hybridized carbons (Fsp3) is 0.714. The molecule has 0 amide bonds. The predicted molar refractivity (Wildman–Crippen MR) is 81.4 cm³/mol. The normalized spacial score (nSPS) is 10.6. The third-order valence-corrected chi connectivity index (χ3v) is 2.60. The molecular formula is C14H26N4O2. The second-order valence-electron chi connectivity index (χ2n) is 4.50. The molecule has 0 saturated carbocycles. The highest BCUT2D eigenvalue weighted by molar-refractivity contribution is 5.47. The molecule has 0 aromatic carbocycles. The van der Waals surface area contributed by atoms with E-state index in [0.29, 0.717) is 13.2 Å². The van der Waals surface area contributed by atoms with Gasteiger partial charge in [-0.05, 0) is 19.8 Å². The van der Waals surface area contributed by atoms with Crippen LogP contribution in [-0.4, -0.2) is 50.0 Å². The summed E-state index contributed by atoms with van der Waals surface area (Å²) in [5.41, 5.74) is 0. The topological polar surface area (TPSA) is 68.3 Å². The first kappa shape index (κ1) is 16.7. The van der Waals surface area contributed by atoms with Gasteiger partial charge in [-0.3, -0.25) is 0 Å². The van der Waals surface area contributed by atoms with E-state index in [9.17, 15) is 0 Å². The van der Waals surface area contributed by atoms with E-state index in [1.165, 1.54) is 0 Å². The van der Waals surface area contributed by atoms with Crippen LogP contribution in [0.3, 0.4) is 0 Å². The highest BCUT2D eigenvalue weighted by atomic mass is 16.5. The minimum atomic E-state index is 0.644. The van der Waals surface area contributed by atoms with Crippen molar-refractivity contribution in [2.75, 3.05) is 50.7 Å². The van der Waals surface area contributed by atoms with Crippen LogP contribution in [0.15, 0.2) is 6.07 Å². The average molecular weight is 282 g/mol. The largest absolute Gasteiger partial charge is 0.382 e. The van der Waals surface area contributed by atoms with Crippen LogP contribution in [0.1, 0.15) is 25.6 Å². The fourth-order valence-electron chi connectivity index (χ4n) is 1.64. The number of anilines is 2. The smallest absolute Gasteiger partial charge is 0.131 e. The lowest BCUT2D eigenvalue weighted by molar-refractivity contribution is 0.0705. The van der Waals surface area contributed by atoms with Gasteiger partial charge < -0.3 is 20.1 Å². The van der Waals surface area contributed by atoms with E-state index in [1.807, 2.05) is 13.0 Å². The summed E-state index contributed by atoms with van der Waals surface area (Å²) in [6, 6.07) is 1.94. The Bertz CT molecular complexity index is 374. The van der Waals surface area contributed by atoms with Crippen LogP contribution >= 0.6 is 0 Å². The number of aryl methyl sites for hydroxylation is 1. The molecule has 114 valence electrons. The molecule has 2 N–H and O–H groups in total. The number of rotatable bonds is 11. The van der Waals surface area contributed by atoms with E-state index in [0.717, 1.165) is 50.0 Å². The highest BCUT2D eigenvalue weighted by Crippen LogP contribution is 2.10. The zero-order valence-electron chi connectivity index (χ0n) is 12.7. The third-order valence-electron chi connectivity index (χ3n) is 2.60. The van der Waals surface area contributed by atoms with Crippen molar-refractivity contribution in [3.8, 4) is 0 Å². The van der Waals surface area contributed by atoms with Crippen molar-refractivity contribution < 1.29 is 9.47 Å². The Morgan fingerprint density at radius 1 is 1.05 bits per heavy atom. The fourth-order valence-corrected chi connectivity index (χ4v) is 1.64. The second-order valence-corrected chi connectivity index (χ2v) is 4.50. The average Bonchev–Trinajstić information content (AvgIpc) is 2.43. The molecule has 1 rings (SSSR count). The molecule has 0 fully saturated rings. The lowest BCUT2D eigenvalue weighted by Crippen LogP contribution is -2.11. The van der Waals surface area contributed by atoms with Crippen LogP contribution in [0.5, 0.6) is 0 Å². The third kappa shape index (κ3) is 7.25.